The maximum atomic E-state index is 13.8. The zero-order valence-electron chi connectivity index (χ0n) is 23.6. The molecule has 224 valence electrons. The molecular formula is C28H42F3N5O4. The summed E-state index contributed by atoms with van der Waals surface area (Å²) in [5, 5.41) is 18.0. The number of nitrogens with one attached hydrogen (secondary N) is 3. The van der Waals surface area contributed by atoms with E-state index >= 15 is 0 Å². The Labute approximate surface area is 233 Å². The third-order valence-corrected chi connectivity index (χ3v) is 9.11. The number of alkyl halides is 3. The molecule has 2 aliphatic heterocycles. The normalized spacial score (nSPS) is 28.4. The van der Waals surface area contributed by atoms with Crippen molar-refractivity contribution in [2.75, 3.05) is 19.9 Å². The molecule has 0 radical (unpaired) electrons. The molecule has 40 heavy (non-hydrogen) atoms. The molecule has 4 fully saturated rings. The number of rotatable bonds is 7. The number of likely N-dealkylation sites (tertiary alicyclic amines) is 1. The number of nitriles is 1. The van der Waals surface area contributed by atoms with Gasteiger partial charge in [0.05, 0.1) is 19.4 Å². The van der Waals surface area contributed by atoms with E-state index in [1.165, 1.54) is 4.90 Å². The van der Waals surface area contributed by atoms with Crippen molar-refractivity contribution in [3.8, 4) is 6.07 Å². The molecule has 3 amide bonds. The molecule has 5 atom stereocenters. The second-order valence-electron chi connectivity index (χ2n) is 13.3. The van der Waals surface area contributed by atoms with Gasteiger partial charge in [0.1, 0.15) is 18.1 Å². The standard InChI is InChI=1S/C28H42F3N5O4/c1-26(2,3)22(35-25(39)28(29,30)31)24(38)36-14-19(18-6-4-5-7-18)11-21(36)23(37)34-20(13-32)10-17-12-27(8-9-27)33-16-40-15-17/h17-22,33H,4-12,14-16H2,1-3H3,(H,34,37)(H,35,39)/t17-,19-,20+,21?,22-/m1/s1. The third kappa shape index (κ3) is 7.27. The van der Waals surface area contributed by atoms with Crippen molar-refractivity contribution in [3.63, 3.8) is 0 Å². The predicted octanol–water partition coefficient (Wildman–Crippen LogP) is 3.00. The number of nitrogens with zero attached hydrogens (tertiary/aromatic N) is 2. The van der Waals surface area contributed by atoms with Crippen molar-refractivity contribution in [2.45, 2.75) is 108 Å². The van der Waals surface area contributed by atoms with Crippen LogP contribution in [0.3, 0.4) is 0 Å². The molecule has 12 heteroatoms. The largest absolute Gasteiger partial charge is 0.471 e. The second kappa shape index (κ2) is 11.8. The van der Waals surface area contributed by atoms with Gasteiger partial charge in [-0.1, -0.05) is 46.5 Å². The molecular weight excluding hydrogens is 527 g/mol. The quantitative estimate of drug-likeness (QED) is 0.433. The van der Waals surface area contributed by atoms with Crippen molar-refractivity contribution in [1.82, 2.24) is 20.9 Å². The molecule has 0 aromatic carbocycles. The Morgan fingerprint density at radius 3 is 2.38 bits per heavy atom. The smallest absolute Gasteiger partial charge is 0.366 e. The summed E-state index contributed by atoms with van der Waals surface area (Å²) < 4.78 is 45.0. The zero-order chi connectivity index (χ0) is 29.3. The van der Waals surface area contributed by atoms with Crippen LogP contribution >= 0.6 is 0 Å². The molecule has 2 saturated carbocycles. The molecule has 0 bridgehead atoms. The molecule has 2 saturated heterocycles. The lowest BCUT2D eigenvalue weighted by molar-refractivity contribution is -0.176. The van der Waals surface area contributed by atoms with E-state index in [1.54, 1.807) is 20.8 Å². The van der Waals surface area contributed by atoms with E-state index in [4.69, 9.17) is 4.74 Å². The van der Waals surface area contributed by atoms with Gasteiger partial charge < -0.3 is 20.3 Å². The number of amides is 3. The SMILES string of the molecule is CC(C)(C)[C@H](NC(=O)C(F)(F)F)C(=O)N1C[C@H](C2CCCC2)CC1C(=O)N[C@H](C#N)C[C@H]1COCNC2(CC2)C1. The first-order valence-electron chi connectivity index (χ1n) is 14.4. The van der Waals surface area contributed by atoms with Crippen molar-refractivity contribution in [1.29, 1.82) is 5.26 Å². The minimum absolute atomic E-state index is 0.0257. The highest BCUT2D eigenvalue weighted by atomic mass is 19.4. The first-order valence-corrected chi connectivity index (χ1v) is 14.4. The van der Waals surface area contributed by atoms with E-state index < -0.39 is 47.4 Å². The molecule has 2 heterocycles. The summed E-state index contributed by atoms with van der Waals surface area (Å²) in [4.78, 5) is 40.6. The Kier molecular flexibility index (Phi) is 9.05. The van der Waals surface area contributed by atoms with Gasteiger partial charge >= 0.3 is 12.1 Å². The van der Waals surface area contributed by atoms with Crippen LogP contribution in [0.25, 0.3) is 0 Å². The van der Waals surface area contributed by atoms with Crippen LogP contribution < -0.4 is 16.0 Å². The van der Waals surface area contributed by atoms with Crippen LogP contribution in [0.4, 0.5) is 13.2 Å². The monoisotopic (exact) mass is 569 g/mol. The molecule has 4 aliphatic rings. The molecule has 0 aromatic rings. The van der Waals surface area contributed by atoms with Crippen molar-refractivity contribution in [3.05, 3.63) is 0 Å². The van der Waals surface area contributed by atoms with Gasteiger partial charge in [-0.05, 0) is 55.3 Å². The van der Waals surface area contributed by atoms with Crippen molar-refractivity contribution >= 4 is 17.7 Å². The van der Waals surface area contributed by atoms with Crippen LogP contribution in [0.15, 0.2) is 0 Å². The fraction of sp³-hybridized carbons (Fsp3) is 0.857. The summed E-state index contributed by atoms with van der Waals surface area (Å²) in [6.07, 6.45) is 2.69. The minimum atomic E-state index is -5.14. The maximum absolute atomic E-state index is 13.8. The van der Waals surface area contributed by atoms with Crippen LogP contribution in [0.1, 0.15) is 78.6 Å². The number of ether oxygens (including phenoxy) is 1. The lowest BCUT2D eigenvalue weighted by Gasteiger charge is -2.35. The maximum Gasteiger partial charge on any atom is 0.471 e. The van der Waals surface area contributed by atoms with Gasteiger partial charge in [0, 0.05) is 12.1 Å². The molecule has 1 unspecified atom stereocenters. The van der Waals surface area contributed by atoms with E-state index in [0.29, 0.717) is 32.1 Å². The fourth-order valence-electron chi connectivity index (χ4n) is 6.70. The summed E-state index contributed by atoms with van der Waals surface area (Å²) in [5.74, 6) is -2.95. The summed E-state index contributed by atoms with van der Waals surface area (Å²) >= 11 is 0. The van der Waals surface area contributed by atoms with Crippen LogP contribution in [0, 0.1) is 34.5 Å². The summed E-state index contributed by atoms with van der Waals surface area (Å²) in [6, 6.07) is -1.02. The van der Waals surface area contributed by atoms with Gasteiger partial charge in [0.25, 0.3) is 0 Å². The summed E-state index contributed by atoms with van der Waals surface area (Å²) in [5.41, 5.74) is -0.983. The van der Waals surface area contributed by atoms with Gasteiger partial charge in [-0.3, -0.25) is 19.7 Å². The predicted molar refractivity (Wildman–Crippen MR) is 139 cm³/mol. The number of halogens is 3. The summed E-state index contributed by atoms with van der Waals surface area (Å²) in [6.45, 7) is 5.90. The molecule has 9 nitrogen and oxygen atoms in total. The zero-order valence-corrected chi connectivity index (χ0v) is 23.6. The number of hydrogen-bond acceptors (Lipinski definition) is 6. The Balaban J connectivity index is 1.50. The van der Waals surface area contributed by atoms with Crippen LogP contribution in [-0.2, 0) is 19.1 Å². The Morgan fingerprint density at radius 2 is 1.80 bits per heavy atom. The van der Waals surface area contributed by atoms with Gasteiger partial charge in [-0.2, -0.15) is 18.4 Å². The van der Waals surface area contributed by atoms with Crippen molar-refractivity contribution < 1.29 is 32.3 Å². The van der Waals surface area contributed by atoms with Gasteiger partial charge in [0.2, 0.25) is 11.8 Å². The Morgan fingerprint density at radius 1 is 1.12 bits per heavy atom. The number of hydrogen-bond donors (Lipinski definition) is 3. The lowest BCUT2D eigenvalue weighted by Crippen LogP contribution is -2.59. The van der Waals surface area contributed by atoms with E-state index in [1.807, 2.05) is 5.32 Å². The lowest BCUT2D eigenvalue weighted by atomic mass is 9.85. The fourth-order valence-corrected chi connectivity index (χ4v) is 6.70. The third-order valence-electron chi connectivity index (χ3n) is 9.11. The van der Waals surface area contributed by atoms with Gasteiger partial charge in [-0.15, -0.1) is 0 Å². The van der Waals surface area contributed by atoms with E-state index in [-0.39, 0.29) is 23.9 Å². The van der Waals surface area contributed by atoms with Crippen LogP contribution in [-0.4, -0.2) is 72.3 Å². The van der Waals surface area contributed by atoms with E-state index in [2.05, 4.69) is 16.7 Å². The minimum Gasteiger partial charge on any atom is -0.366 e. The first-order chi connectivity index (χ1) is 18.7. The van der Waals surface area contributed by atoms with E-state index in [9.17, 15) is 32.8 Å². The molecule has 4 rings (SSSR count). The van der Waals surface area contributed by atoms with E-state index in [0.717, 1.165) is 44.9 Å². The first kappa shape index (κ1) is 30.6. The Bertz CT molecular complexity index is 997. The number of carbonyl (C=O) groups excluding carboxylic acids is 3. The highest BCUT2D eigenvalue weighted by Crippen LogP contribution is 2.43. The average molecular weight is 570 g/mol. The highest BCUT2D eigenvalue weighted by molar-refractivity contribution is 5.94. The summed E-state index contributed by atoms with van der Waals surface area (Å²) in [7, 11) is 0. The average Bonchev–Trinajstić information content (AvgIpc) is 3.26. The molecule has 3 N–H and O–H groups in total. The molecule has 1 spiro atoms. The number of carbonyl (C=O) groups is 3. The van der Waals surface area contributed by atoms with Crippen LogP contribution in [0.5, 0.6) is 0 Å². The highest BCUT2D eigenvalue weighted by Gasteiger charge is 2.50. The van der Waals surface area contributed by atoms with Gasteiger partial charge in [0.15, 0.2) is 0 Å². The molecule has 0 aromatic heterocycles. The topological polar surface area (TPSA) is 124 Å². The van der Waals surface area contributed by atoms with Crippen molar-refractivity contribution in [2.24, 2.45) is 23.2 Å². The molecule has 2 aliphatic carbocycles. The van der Waals surface area contributed by atoms with Gasteiger partial charge in [-0.25, -0.2) is 0 Å². The second-order valence-corrected chi connectivity index (χ2v) is 13.3. The Hall–Kier alpha value is -2.39. The van der Waals surface area contributed by atoms with Crippen LogP contribution in [0.2, 0.25) is 0 Å².